The number of carbonyl (C=O) groups excluding carboxylic acids is 1. The van der Waals surface area contributed by atoms with Gasteiger partial charge >= 0.3 is 0 Å². The molecule has 1 atom stereocenters. The van der Waals surface area contributed by atoms with E-state index < -0.39 is 17.5 Å². The number of benzene rings is 2. The van der Waals surface area contributed by atoms with Gasteiger partial charge in [-0.15, -0.1) is 0 Å². The predicted molar refractivity (Wildman–Crippen MR) is 107 cm³/mol. The summed E-state index contributed by atoms with van der Waals surface area (Å²) in [5, 5.41) is 2.90. The number of hydrogen-bond acceptors (Lipinski definition) is 4. The lowest BCUT2D eigenvalue weighted by molar-refractivity contribution is 0.0162. The Morgan fingerprint density at radius 3 is 2.66 bits per heavy atom. The molecule has 0 spiro atoms. The molecule has 1 unspecified atom stereocenters. The summed E-state index contributed by atoms with van der Waals surface area (Å²) in [5.41, 5.74) is 3.82. The number of fused-ring (bicyclic) bond motifs is 1. The molecule has 2 aliphatic rings. The van der Waals surface area contributed by atoms with E-state index in [0.29, 0.717) is 19.8 Å². The third kappa shape index (κ3) is 4.26. The molecule has 5 nitrogen and oxygen atoms in total. The van der Waals surface area contributed by atoms with Gasteiger partial charge in [-0.1, -0.05) is 12.1 Å². The monoisotopic (exact) mass is 401 g/mol. The predicted octanol–water partition coefficient (Wildman–Crippen LogP) is 2.76. The maximum Gasteiger partial charge on any atom is 0.251 e. The molecule has 0 bridgehead atoms. The number of morpholine rings is 1. The highest BCUT2D eigenvalue weighted by Gasteiger charge is 2.25. The number of nitrogens with one attached hydrogen (secondary N) is 1. The Morgan fingerprint density at radius 2 is 1.90 bits per heavy atom. The van der Waals surface area contributed by atoms with Gasteiger partial charge in [0, 0.05) is 44.5 Å². The fourth-order valence-corrected chi connectivity index (χ4v) is 4.07. The van der Waals surface area contributed by atoms with E-state index in [0.717, 1.165) is 43.8 Å². The van der Waals surface area contributed by atoms with E-state index in [1.54, 1.807) is 0 Å². The summed E-state index contributed by atoms with van der Waals surface area (Å²) in [7, 11) is 2.09. The fourth-order valence-electron chi connectivity index (χ4n) is 4.07. The number of nitrogens with zero attached hydrogens (tertiary/aromatic N) is 2. The molecular formula is C22H25F2N3O2. The minimum Gasteiger partial charge on any atom is -0.379 e. The van der Waals surface area contributed by atoms with Crippen LogP contribution in [0.3, 0.4) is 0 Å². The molecule has 2 aromatic rings. The van der Waals surface area contributed by atoms with Crippen LogP contribution in [0.5, 0.6) is 0 Å². The van der Waals surface area contributed by atoms with Crippen molar-refractivity contribution >= 4 is 11.6 Å². The quantitative estimate of drug-likeness (QED) is 0.837. The maximum absolute atomic E-state index is 13.5. The van der Waals surface area contributed by atoms with Gasteiger partial charge in [0.2, 0.25) is 0 Å². The van der Waals surface area contributed by atoms with Crippen LogP contribution in [0.25, 0.3) is 0 Å². The summed E-state index contributed by atoms with van der Waals surface area (Å²) in [6.07, 6.45) is 1.01. The molecule has 1 saturated heterocycles. The van der Waals surface area contributed by atoms with E-state index in [9.17, 15) is 13.6 Å². The molecule has 0 radical (unpaired) electrons. The molecule has 1 fully saturated rings. The molecule has 0 aliphatic carbocycles. The van der Waals surface area contributed by atoms with Crippen molar-refractivity contribution in [3.05, 3.63) is 64.7 Å². The lowest BCUT2D eigenvalue weighted by atomic mass is 10.00. The van der Waals surface area contributed by atoms with E-state index in [1.807, 2.05) is 0 Å². The van der Waals surface area contributed by atoms with Gasteiger partial charge < -0.3 is 15.0 Å². The molecule has 7 heteroatoms. The van der Waals surface area contributed by atoms with Gasteiger partial charge in [-0.3, -0.25) is 9.69 Å². The van der Waals surface area contributed by atoms with Crippen LogP contribution in [0.15, 0.2) is 36.4 Å². The van der Waals surface area contributed by atoms with Gasteiger partial charge in [-0.2, -0.15) is 0 Å². The first kappa shape index (κ1) is 19.8. The van der Waals surface area contributed by atoms with Crippen molar-refractivity contribution in [1.82, 2.24) is 10.2 Å². The Bertz CT molecular complexity index is 900. The van der Waals surface area contributed by atoms with E-state index >= 15 is 0 Å². The van der Waals surface area contributed by atoms with Crippen LogP contribution in [-0.2, 0) is 11.2 Å². The standard InChI is InChI=1S/C22H25F2N3O2/c1-26-7-6-16-12-15(3-5-20(16)26)21(27-8-10-29-11-9-27)14-25-22(28)17-2-4-18(23)19(24)13-17/h2-5,12-13,21H,6-11,14H2,1H3,(H,25,28). The van der Waals surface area contributed by atoms with Gasteiger partial charge in [0.25, 0.3) is 5.91 Å². The van der Waals surface area contributed by atoms with Crippen LogP contribution >= 0.6 is 0 Å². The normalized spacial score (nSPS) is 17.8. The zero-order valence-electron chi connectivity index (χ0n) is 16.5. The molecule has 154 valence electrons. The Kier molecular flexibility index (Phi) is 5.78. The second-order valence-corrected chi connectivity index (χ2v) is 7.56. The van der Waals surface area contributed by atoms with Gasteiger partial charge in [0.15, 0.2) is 11.6 Å². The first-order chi connectivity index (χ1) is 14.0. The molecule has 2 aromatic carbocycles. The van der Waals surface area contributed by atoms with Crippen LogP contribution in [0.4, 0.5) is 14.5 Å². The number of likely N-dealkylation sites (N-methyl/N-ethyl adjacent to an activating group) is 1. The van der Waals surface area contributed by atoms with Crippen LogP contribution < -0.4 is 10.2 Å². The maximum atomic E-state index is 13.5. The summed E-state index contributed by atoms with van der Waals surface area (Å²) in [4.78, 5) is 17.1. The van der Waals surface area contributed by atoms with Crippen molar-refractivity contribution in [1.29, 1.82) is 0 Å². The SMILES string of the molecule is CN1CCc2cc(C(CNC(=O)c3ccc(F)c(F)c3)N3CCOCC3)ccc21. The highest BCUT2D eigenvalue weighted by molar-refractivity contribution is 5.94. The first-order valence-electron chi connectivity index (χ1n) is 9.92. The minimum atomic E-state index is -1.02. The Balaban J connectivity index is 1.53. The summed E-state index contributed by atoms with van der Waals surface area (Å²) < 4.78 is 32.1. The number of amides is 1. The zero-order chi connectivity index (χ0) is 20.4. The van der Waals surface area contributed by atoms with Gasteiger partial charge in [0.1, 0.15) is 0 Å². The van der Waals surface area contributed by atoms with Crippen molar-refractivity contribution in [2.75, 3.05) is 51.3 Å². The Hall–Kier alpha value is -2.51. The minimum absolute atomic E-state index is 0.00986. The van der Waals surface area contributed by atoms with Crippen molar-refractivity contribution in [2.45, 2.75) is 12.5 Å². The van der Waals surface area contributed by atoms with E-state index in [1.165, 1.54) is 17.3 Å². The first-order valence-corrected chi connectivity index (χ1v) is 9.92. The highest BCUT2D eigenvalue weighted by atomic mass is 19.2. The lowest BCUT2D eigenvalue weighted by Crippen LogP contribution is -2.43. The van der Waals surface area contributed by atoms with Crippen LogP contribution in [-0.4, -0.2) is 57.2 Å². The number of rotatable bonds is 5. The number of hydrogen-bond donors (Lipinski definition) is 1. The van der Waals surface area contributed by atoms with Crippen LogP contribution in [0.1, 0.15) is 27.5 Å². The van der Waals surface area contributed by atoms with Crippen molar-refractivity contribution in [3.8, 4) is 0 Å². The van der Waals surface area contributed by atoms with Crippen LogP contribution in [0, 0.1) is 11.6 Å². The summed E-state index contributed by atoms with van der Waals surface area (Å²) in [5.74, 6) is -2.40. The highest BCUT2D eigenvalue weighted by Crippen LogP contribution is 2.31. The number of anilines is 1. The van der Waals surface area contributed by atoms with Gasteiger partial charge in [-0.25, -0.2) is 8.78 Å². The largest absolute Gasteiger partial charge is 0.379 e. The molecule has 1 N–H and O–H groups in total. The average molecular weight is 401 g/mol. The Labute approximate surface area is 169 Å². The number of carbonyl (C=O) groups is 1. The number of halogens is 2. The third-order valence-corrected chi connectivity index (χ3v) is 5.74. The smallest absolute Gasteiger partial charge is 0.251 e. The molecular weight excluding hydrogens is 376 g/mol. The van der Waals surface area contributed by atoms with Crippen LogP contribution in [0.2, 0.25) is 0 Å². The summed E-state index contributed by atoms with van der Waals surface area (Å²) in [6, 6.07) is 9.67. The van der Waals surface area contributed by atoms with Gasteiger partial charge in [0.05, 0.1) is 19.3 Å². The second-order valence-electron chi connectivity index (χ2n) is 7.56. The number of ether oxygens (including phenoxy) is 1. The molecule has 2 aliphatic heterocycles. The summed E-state index contributed by atoms with van der Waals surface area (Å²) in [6.45, 7) is 4.26. The van der Waals surface area contributed by atoms with Crippen molar-refractivity contribution < 1.29 is 18.3 Å². The molecule has 29 heavy (non-hydrogen) atoms. The molecule has 0 aromatic heterocycles. The fraction of sp³-hybridized carbons (Fsp3) is 0.409. The third-order valence-electron chi connectivity index (χ3n) is 5.74. The van der Waals surface area contributed by atoms with Gasteiger partial charge in [-0.05, 0) is 41.8 Å². The summed E-state index contributed by atoms with van der Waals surface area (Å²) >= 11 is 0. The van der Waals surface area contributed by atoms with Crippen molar-refractivity contribution in [2.24, 2.45) is 0 Å². The van der Waals surface area contributed by atoms with E-state index in [-0.39, 0.29) is 11.6 Å². The lowest BCUT2D eigenvalue weighted by Gasteiger charge is -2.35. The van der Waals surface area contributed by atoms with E-state index in [4.69, 9.17) is 4.74 Å². The van der Waals surface area contributed by atoms with Crippen molar-refractivity contribution in [3.63, 3.8) is 0 Å². The van der Waals surface area contributed by atoms with E-state index in [2.05, 4.69) is 40.4 Å². The molecule has 2 heterocycles. The molecule has 0 saturated carbocycles. The topological polar surface area (TPSA) is 44.8 Å². The average Bonchev–Trinajstić information content (AvgIpc) is 3.11. The molecule has 4 rings (SSSR count). The zero-order valence-corrected chi connectivity index (χ0v) is 16.5. The molecule has 1 amide bonds. The Morgan fingerprint density at radius 1 is 1.10 bits per heavy atom. The second kappa shape index (κ2) is 8.47.